The molecule has 0 bridgehead atoms. The molecule has 3 rings (SSSR count). The number of fused-ring (bicyclic) bond motifs is 1. The Morgan fingerprint density at radius 3 is 3.00 bits per heavy atom. The number of carbonyl (C=O) groups excluding carboxylic acids is 2. The highest BCUT2D eigenvalue weighted by Crippen LogP contribution is 2.31. The highest BCUT2D eigenvalue weighted by atomic mass is 32.2. The first-order chi connectivity index (χ1) is 11.6. The fourth-order valence-electron chi connectivity index (χ4n) is 2.36. The quantitative estimate of drug-likeness (QED) is 0.820. The molecule has 2 amide bonds. The van der Waals surface area contributed by atoms with Gasteiger partial charge in [0.15, 0.2) is 0 Å². The molecule has 2 aromatic rings. The zero-order chi connectivity index (χ0) is 16.9. The van der Waals surface area contributed by atoms with E-state index in [2.05, 4.69) is 10.6 Å². The van der Waals surface area contributed by atoms with Crippen LogP contribution in [-0.4, -0.2) is 30.7 Å². The number of rotatable bonds is 5. The summed E-state index contributed by atoms with van der Waals surface area (Å²) >= 11 is 1.47. The van der Waals surface area contributed by atoms with E-state index in [9.17, 15) is 9.59 Å². The Balaban J connectivity index is 1.52. The highest BCUT2D eigenvalue weighted by molar-refractivity contribution is 8.00. The van der Waals surface area contributed by atoms with E-state index in [1.165, 1.54) is 11.8 Å². The minimum atomic E-state index is -0.185. The number of carbonyl (C=O) groups is 2. The van der Waals surface area contributed by atoms with Crippen LogP contribution in [0.3, 0.4) is 0 Å². The smallest absolute Gasteiger partial charge is 0.251 e. The minimum absolute atomic E-state index is 0.0448. The van der Waals surface area contributed by atoms with Crippen molar-refractivity contribution in [3.05, 3.63) is 53.6 Å². The molecule has 0 aliphatic carbocycles. The average molecular weight is 342 g/mol. The molecule has 124 valence electrons. The van der Waals surface area contributed by atoms with Gasteiger partial charge in [0.1, 0.15) is 12.4 Å². The lowest BCUT2D eigenvalue weighted by molar-refractivity contribution is -0.113. The van der Waals surface area contributed by atoms with Crippen LogP contribution in [0.5, 0.6) is 5.75 Å². The SMILES string of the molecule is Cc1cccc(OCCNC(=O)c2ccc3c(c2)NC(=O)CS3)c1. The average Bonchev–Trinajstić information content (AvgIpc) is 2.58. The van der Waals surface area contributed by atoms with E-state index < -0.39 is 0 Å². The number of amides is 2. The summed E-state index contributed by atoms with van der Waals surface area (Å²) in [5.74, 6) is 0.972. The molecule has 0 unspecified atom stereocenters. The van der Waals surface area contributed by atoms with E-state index in [0.29, 0.717) is 30.2 Å². The summed E-state index contributed by atoms with van der Waals surface area (Å²) in [6.45, 7) is 2.81. The largest absolute Gasteiger partial charge is 0.492 e. The lowest BCUT2D eigenvalue weighted by atomic mass is 10.2. The molecule has 2 N–H and O–H groups in total. The molecule has 0 aromatic heterocycles. The van der Waals surface area contributed by atoms with Crippen LogP contribution in [0, 0.1) is 6.92 Å². The zero-order valence-electron chi connectivity index (χ0n) is 13.3. The van der Waals surface area contributed by atoms with Crippen molar-refractivity contribution in [2.75, 3.05) is 24.2 Å². The van der Waals surface area contributed by atoms with E-state index in [4.69, 9.17) is 4.74 Å². The molecule has 0 atom stereocenters. The molecule has 0 saturated heterocycles. The number of anilines is 1. The van der Waals surface area contributed by atoms with Gasteiger partial charge in [0.2, 0.25) is 5.91 Å². The molecule has 2 aromatic carbocycles. The van der Waals surface area contributed by atoms with E-state index in [0.717, 1.165) is 16.2 Å². The van der Waals surface area contributed by atoms with E-state index in [1.54, 1.807) is 12.1 Å². The second kappa shape index (κ2) is 7.40. The first-order valence-electron chi connectivity index (χ1n) is 7.66. The normalized spacial score (nSPS) is 13.0. The lowest BCUT2D eigenvalue weighted by Crippen LogP contribution is -2.28. The van der Waals surface area contributed by atoms with Gasteiger partial charge in [-0.3, -0.25) is 9.59 Å². The van der Waals surface area contributed by atoms with Crippen LogP contribution in [0.25, 0.3) is 0 Å². The van der Waals surface area contributed by atoms with Gasteiger partial charge in [0.25, 0.3) is 5.91 Å². The van der Waals surface area contributed by atoms with Crippen molar-refractivity contribution in [1.29, 1.82) is 0 Å². The Morgan fingerprint density at radius 1 is 1.29 bits per heavy atom. The van der Waals surface area contributed by atoms with Crippen LogP contribution in [0.2, 0.25) is 0 Å². The molecule has 0 spiro atoms. The van der Waals surface area contributed by atoms with E-state index in [1.807, 2.05) is 37.3 Å². The highest BCUT2D eigenvalue weighted by Gasteiger charge is 2.17. The zero-order valence-corrected chi connectivity index (χ0v) is 14.1. The first kappa shape index (κ1) is 16.4. The molecule has 0 fully saturated rings. The van der Waals surface area contributed by atoms with Crippen molar-refractivity contribution in [3.63, 3.8) is 0 Å². The maximum atomic E-state index is 12.2. The summed E-state index contributed by atoms with van der Waals surface area (Å²) < 4.78 is 5.60. The second-order valence-electron chi connectivity index (χ2n) is 5.47. The molecule has 6 heteroatoms. The fourth-order valence-corrected chi connectivity index (χ4v) is 3.15. The Hall–Kier alpha value is -2.47. The fraction of sp³-hybridized carbons (Fsp3) is 0.222. The Kier molecular flexibility index (Phi) is 5.05. The van der Waals surface area contributed by atoms with Gasteiger partial charge in [-0.05, 0) is 42.8 Å². The molecule has 24 heavy (non-hydrogen) atoms. The third kappa shape index (κ3) is 4.08. The summed E-state index contributed by atoms with van der Waals surface area (Å²) in [4.78, 5) is 24.6. The summed E-state index contributed by atoms with van der Waals surface area (Å²) in [7, 11) is 0. The third-order valence-corrected chi connectivity index (χ3v) is 4.59. The minimum Gasteiger partial charge on any atom is -0.492 e. The van der Waals surface area contributed by atoms with Crippen LogP contribution < -0.4 is 15.4 Å². The predicted octanol–water partition coefficient (Wildman–Crippen LogP) is 2.85. The van der Waals surface area contributed by atoms with Crippen LogP contribution in [0.1, 0.15) is 15.9 Å². The molecule has 0 saturated carbocycles. The molecule has 0 radical (unpaired) electrons. The molecule has 1 heterocycles. The Morgan fingerprint density at radius 2 is 2.17 bits per heavy atom. The lowest BCUT2D eigenvalue weighted by Gasteiger charge is -2.17. The van der Waals surface area contributed by atoms with Gasteiger partial charge < -0.3 is 15.4 Å². The molecular formula is C18H18N2O3S. The van der Waals surface area contributed by atoms with Gasteiger partial charge in [0.05, 0.1) is 18.0 Å². The van der Waals surface area contributed by atoms with Crippen molar-refractivity contribution in [2.45, 2.75) is 11.8 Å². The number of hydrogen-bond donors (Lipinski definition) is 2. The van der Waals surface area contributed by atoms with Crippen molar-refractivity contribution in [2.24, 2.45) is 0 Å². The van der Waals surface area contributed by atoms with Crippen molar-refractivity contribution in [1.82, 2.24) is 5.32 Å². The third-order valence-electron chi connectivity index (χ3n) is 3.52. The summed E-state index contributed by atoms with van der Waals surface area (Å²) in [6, 6.07) is 13.1. The van der Waals surface area contributed by atoms with Crippen LogP contribution in [-0.2, 0) is 4.79 Å². The van der Waals surface area contributed by atoms with Crippen molar-refractivity contribution in [3.8, 4) is 5.75 Å². The van der Waals surface area contributed by atoms with Crippen molar-refractivity contribution < 1.29 is 14.3 Å². The maximum Gasteiger partial charge on any atom is 0.251 e. The second-order valence-corrected chi connectivity index (χ2v) is 6.49. The molecule has 1 aliphatic heterocycles. The van der Waals surface area contributed by atoms with Gasteiger partial charge in [-0.2, -0.15) is 0 Å². The van der Waals surface area contributed by atoms with Gasteiger partial charge in [-0.15, -0.1) is 11.8 Å². The number of ether oxygens (including phenoxy) is 1. The summed E-state index contributed by atoms with van der Waals surface area (Å²) in [5, 5.41) is 5.60. The summed E-state index contributed by atoms with van der Waals surface area (Å²) in [5.41, 5.74) is 2.34. The van der Waals surface area contributed by atoms with Crippen LogP contribution in [0.15, 0.2) is 47.4 Å². The van der Waals surface area contributed by atoms with E-state index in [-0.39, 0.29) is 11.8 Å². The van der Waals surface area contributed by atoms with Gasteiger partial charge >= 0.3 is 0 Å². The van der Waals surface area contributed by atoms with Gasteiger partial charge in [-0.25, -0.2) is 0 Å². The Bertz CT molecular complexity index is 777. The Labute approximate surface area is 144 Å². The number of aryl methyl sites for hydroxylation is 1. The number of nitrogens with one attached hydrogen (secondary N) is 2. The summed E-state index contributed by atoms with van der Waals surface area (Å²) in [6.07, 6.45) is 0. The monoisotopic (exact) mass is 342 g/mol. The number of benzene rings is 2. The molecule has 1 aliphatic rings. The standard InChI is InChI=1S/C18H18N2O3S/c1-12-3-2-4-14(9-12)23-8-7-19-18(22)13-5-6-16-15(10-13)20-17(21)11-24-16/h2-6,9-10H,7-8,11H2,1H3,(H,19,22)(H,20,21). The topological polar surface area (TPSA) is 67.4 Å². The predicted molar refractivity (Wildman–Crippen MR) is 94.8 cm³/mol. The van der Waals surface area contributed by atoms with Gasteiger partial charge in [0, 0.05) is 10.5 Å². The van der Waals surface area contributed by atoms with Crippen LogP contribution in [0.4, 0.5) is 5.69 Å². The van der Waals surface area contributed by atoms with E-state index >= 15 is 0 Å². The number of hydrogen-bond acceptors (Lipinski definition) is 4. The van der Waals surface area contributed by atoms with Gasteiger partial charge in [-0.1, -0.05) is 12.1 Å². The maximum absolute atomic E-state index is 12.2. The molecule has 5 nitrogen and oxygen atoms in total. The number of thioether (sulfide) groups is 1. The first-order valence-corrected chi connectivity index (χ1v) is 8.65. The van der Waals surface area contributed by atoms with Crippen molar-refractivity contribution >= 4 is 29.3 Å². The molecular weight excluding hydrogens is 324 g/mol. The van der Waals surface area contributed by atoms with Crippen LogP contribution >= 0.6 is 11.8 Å².